The zero-order valence-electron chi connectivity index (χ0n) is 9.11. The van der Waals surface area contributed by atoms with Crippen molar-refractivity contribution in [2.45, 2.75) is 13.3 Å². The Morgan fingerprint density at radius 2 is 2.27 bits per heavy atom. The highest BCUT2D eigenvalue weighted by atomic mass is 15.1. The maximum atomic E-state index is 8.80. The van der Waals surface area contributed by atoms with Crippen molar-refractivity contribution in [2.75, 3.05) is 24.5 Å². The number of hydrogen-bond donors (Lipinski definition) is 1. The summed E-state index contributed by atoms with van der Waals surface area (Å²) in [5, 5.41) is 8.80. The Morgan fingerprint density at radius 3 is 2.87 bits per heavy atom. The lowest BCUT2D eigenvalue weighted by Gasteiger charge is -2.22. The largest absolute Gasteiger partial charge is 0.372 e. The molecule has 80 valence electrons. The van der Waals surface area contributed by atoms with Crippen LogP contribution in [0.2, 0.25) is 0 Å². The summed E-state index contributed by atoms with van der Waals surface area (Å²) in [6.45, 7) is 4.70. The number of benzene rings is 1. The third-order valence-corrected chi connectivity index (χ3v) is 2.35. The second-order valence-electron chi connectivity index (χ2n) is 3.38. The molecule has 0 saturated heterocycles. The van der Waals surface area contributed by atoms with Crippen molar-refractivity contribution in [3.63, 3.8) is 0 Å². The van der Waals surface area contributed by atoms with Gasteiger partial charge in [0.25, 0.3) is 0 Å². The van der Waals surface area contributed by atoms with E-state index < -0.39 is 0 Å². The van der Waals surface area contributed by atoms with Crippen molar-refractivity contribution in [3.05, 3.63) is 29.8 Å². The minimum absolute atomic E-state index is 0.703. The monoisotopic (exact) mass is 203 g/mol. The highest BCUT2D eigenvalue weighted by Crippen LogP contribution is 2.15. The van der Waals surface area contributed by atoms with Gasteiger partial charge < -0.3 is 10.6 Å². The molecule has 3 heteroatoms. The van der Waals surface area contributed by atoms with Gasteiger partial charge >= 0.3 is 0 Å². The number of rotatable bonds is 5. The zero-order valence-corrected chi connectivity index (χ0v) is 9.11. The number of anilines is 1. The molecule has 0 aromatic heterocycles. The topological polar surface area (TPSA) is 53.0 Å². The summed E-state index contributed by atoms with van der Waals surface area (Å²) in [6, 6.07) is 9.83. The van der Waals surface area contributed by atoms with Gasteiger partial charge in [-0.05, 0) is 38.1 Å². The molecule has 0 aliphatic heterocycles. The Morgan fingerprint density at radius 1 is 1.47 bits per heavy atom. The van der Waals surface area contributed by atoms with E-state index >= 15 is 0 Å². The Bertz CT molecular complexity index is 341. The minimum atomic E-state index is 0.703. The summed E-state index contributed by atoms with van der Waals surface area (Å²) in [6.07, 6.45) is 0.977. The summed E-state index contributed by atoms with van der Waals surface area (Å²) < 4.78 is 0. The molecule has 0 amide bonds. The third kappa shape index (κ3) is 3.26. The fourth-order valence-corrected chi connectivity index (χ4v) is 1.52. The Balaban J connectivity index is 2.78. The number of nitrogens with two attached hydrogens (primary N) is 1. The van der Waals surface area contributed by atoms with E-state index in [9.17, 15) is 0 Å². The lowest BCUT2D eigenvalue weighted by molar-refractivity contribution is 0.754. The van der Waals surface area contributed by atoms with Gasteiger partial charge in [0, 0.05) is 18.8 Å². The molecule has 0 atom stereocenters. The summed E-state index contributed by atoms with van der Waals surface area (Å²) in [5.41, 5.74) is 7.30. The summed E-state index contributed by atoms with van der Waals surface area (Å²) >= 11 is 0. The van der Waals surface area contributed by atoms with Crippen molar-refractivity contribution in [2.24, 2.45) is 5.73 Å². The predicted molar refractivity (Wildman–Crippen MR) is 62.7 cm³/mol. The molecule has 1 rings (SSSR count). The van der Waals surface area contributed by atoms with Gasteiger partial charge in [-0.25, -0.2) is 0 Å². The van der Waals surface area contributed by atoms with Gasteiger partial charge in [-0.3, -0.25) is 0 Å². The first kappa shape index (κ1) is 11.5. The Hall–Kier alpha value is -1.53. The van der Waals surface area contributed by atoms with E-state index in [4.69, 9.17) is 11.0 Å². The van der Waals surface area contributed by atoms with Crippen LogP contribution in [0.5, 0.6) is 0 Å². The molecule has 0 aliphatic rings. The SMILES string of the molecule is CCN(CCCN)c1cccc(C#N)c1. The van der Waals surface area contributed by atoms with Crippen LogP contribution in [0.1, 0.15) is 18.9 Å². The van der Waals surface area contributed by atoms with Crippen LogP contribution in [-0.4, -0.2) is 19.6 Å². The first-order chi connectivity index (χ1) is 7.31. The van der Waals surface area contributed by atoms with Crippen LogP contribution in [-0.2, 0) is 0 Å². The van der Waals surface area contributed by atoms with E-state index in [1.165, 1.54) is 0 Å². The lowest BCUT2D eigenvalue weighted by Crippen LogP contribution is -2.25. The molecule has 15 heavy (non-hydrogen) atoms. The summed E-state index contributed by atoms with van der Waals surface area (Å²) in [7, 11) is 0. The molecule has 3 nitrogen and oxygen atoms in total. The van der Waals surface area contributed by atoms with Crippen LogP contribution in [0.15, 0.2) is 24.3 Å². The van der Waals surface area contributed by atoms with E-state index in [0.717, 1.165) is 25.2 Å². The molecule has 0 radical (unpaired) electrons. The smallest absolute Gasteiger partial charge is 0.0992 e. The van der Waals surface area contributed by atoms with E-state index in [-0.39, 0.29) is 0 Å². The molecule has 0 aliphatic carbocycles. The molecular formula is C12H17N3. The normalized spacial score (nSPS) is 9.67. The molecule has 1 aromatic carbocycles. The number of nitrogens with zero attached hydrogens (tertiary/aromatic N) is 2. The molecule has 0 unspecified atom stereocenters. The van der Waals surface area contributed by atoms with Gasteiger partial charge in [0.15, 0.2) is 0 Å². The van der Waals surface area contributed by atoms with Crippen molar-refractivity contribution in [3.8, 4) is 6.07 Å². The Labute approximate surface area is 91.1 Å². The van der Waals surface area contributed by atoms with Gasteiger partial charge in [0.1, 0.15) is 0 Å². The van der Waals surface area contributed by atoms with Crippen molar-refractivity contribution in [1.82, 2.24) is 0 Å². The Kier molecular flexibility index (Phi) is 4.65. The summed E-state index contributed by atoms with van der Waals surface area (Å²) in [5.74, 6) is 0. The van der Waals surface area contributed by atoms with Crippen molar-refractivity contribution < 1.29 is 0 Å². The molecule has 0 heterocycles. The van der Waals surface area contributed by atoms with Crippen molar-refractivity contribution >= 4 is 5.69 Å². The predicted octanol–water partition coefficient (Wildman–Crippen LogP) is 1.73. The highest BCUT2D eigenvalue weighted by Gasteiger charge is 2.03. The van der Waals surface area contributed by atoms with Gasteiger partial charge in [-0.2, -0.15) is 5.26 Å². The molecule has 0 spiro atoms. The lowest BCUT2D eigenvalue weighted by atomic mass is 10.2. The molecule has 0 saturated carbocycles. The average molecular weight is 203 g/mol. The van der Waals surface area contributed by atoms with Gasteiger partial charge in [0.05, 0.1) is 11.6 Å². The van der Waals surface area contributed by atoms with Crippen LogP contribution < -0.4 is 10.6 Å². The van der Waals surface area contributed by atoms with Crippen LogP contribution in [0.25, 0.3) is 0 Å². The third-order valence-electron chi connectivity index (χ3n) is 2.35. The first-order valence-electron chi connectivity index (χ1n) is 5.27. The zero-order chi connectivity index (χ0) is 11.1. The molecule has 1 aromatic rings. The number of hydrogen-bond acceptors (Lipinski definition) is 3. The van der Waals surface area contributed by atoms with Gasteiger partial charge in [-0.1, -0.05) is 6.07 Å². The van der Waals surface area contributed by atoms with E-state index in [0.29, 0.717) is 12.1 Å². The second kappa shape index (κ2) is 6.05. The van der Waals surface area contributed by atoms with Crippen LogP contribution >= 0.6 is 0 Å². The van der Waals surface area contributed by atoms with Crippen molar-refractivity contribution in [1.29, 1.82) is 5.26 Å². The molecule has 2 N–H and O–H groups in total. The van der Waals surface area contributed by atoms with Crippen LogP contribution in [0, 0.1) is 11.3 Å². The first-order valence-corrected chi connectivity index (χ1v) is 5.27. The molecular weight excluding hydrogens is 186 g/mol. The standard InChI is InChI=1S/C12H17N3/c1-2-15(8-4-7-13)12-6-3-5-11(9-12)10-14/h3,5-6,9H,2,4,7-8,13H2,1H3. The average Bonchev–Trinajstić information content (AvgIpc) is 2.30. The maximum Gasteiger partial charge on any atom is 0.0992 e. The highest BCUT2D eigenvalue weighted by molar-refractivity contribution is 5.51. The fourth-order valence-electron chi connectivity index (χ4n) is 1.52. The quantitative estimate of drug-likeness (QED) is 0.793. The maximum absolute atomic E-state index is 8.80. The fraction of sp³-hybridized carbons (Fsp3) is 0.417. The van der Waals surface area contributed by atoms with Gasteiger partial charge in [0.2, 0.25) is 0 Å². The molecule has 0 bridgehead atoms. The number of nitriles is 1. The summed E-state index contributed by atoms with van der Waals surface area (Å²) in [4.78, 5) is 2.23. The van der Waals surface area contributed by atoms with E-state index in [1.807, 2.05) is 24.3 Å². The van der Waals surface area contributed by atoms with Gasteiger partial charge in [-0.15, -0.1) is 0 Å². The van der Waals surface area contributed by atoms with E-state index in [1.54, 1.807) is 0 Å². The van der Waals surface area contributed by atoms with Crippen LogP contribution in [0.4, 0.5) is 5.69 Å². The van der Waals surface area contributed by atoms with Crippen LogP contribution in [0.3, 0.4) is 0 Å². The molecule has 0 fully saturated rings. The second-order valence-corrected chi connectivity index (χ2v) is 3.38. The van der Waals surface area contributed by atoms with E-state index in [2.05, 4.69) is 17.9 Å². The minimum Gasteiger partial charge on any atom is -0.372 e.